The highest BCUT2D eigenvalue weighted by Gasteiger charge is 2.27. The van der Waals surface area contributed by atoms with Gasteiger partial charge in [0.25, 0.3) is 0 Å². The number of carboxylic acid groups (broad SMARTS) is 1. The van der Waals surface area contributed by atoms with Gasteiger partial charge in [0.15, 0.2) is 0 Å². The average molecular weight is 320 g/mol. The van der Waals surface area contributed by atoms with E-state index >= 15 is 0 Å². The minimum Gasteiger partial charge on any atom is -0.480 e. The van der Waals surface area contributed by atoms with E-state index in [1.54, 1.807) is 23.5 Å². The molecule has 7 heteroatoms. The molecule has 5 nitrogen and oxygen atoms in total. The molecule has 1 fully saturated rings. The van der Waals surface area contributed by atoms with Crippen LogP contribution in [-0.2, 0) is 4.79 Å². The van der Waals surface area contributed by atoms with Gasteiger partial charge >= 0.3 is 12.0 Å². The van der Waals surface area contributed by atoms with Gasteiger partial charge in [-0.2, -0.15) is 23.5 Å². The lowest BCUT2D eigenvalue weighted by molar-refractivity contribution is -0.139. The number of urea groups is 1. The Labute approximate surface area is 129 Å². The molecule has 2 amide bonds. The first kappa shape index (κ1) is 17.5. The van der Waals surface area contributed by atoms with Gasteiger partial charge in [-0.05, 0) is 37.5 Å². The maximum Gasteiger partial charge on any atom is 0.326 e. The molecule has 2 unspecified atom stereocenters. The predicted molar refractivity (Wildman–Crippen MR) is 85.6 cm³/mol. The molecule has 3 atom stereocenters. The van der Waals surface area contributed by atoms with E-state index in [0.29, 0.717) is 17.4 Å². The fourth-order valence-corrected chi connectivity index (χ4v) is 3.81. The minimum atomic E-state index is -0.973. The number of thioether (sulfide) groups is 2. The topological polar surface area (TPSA) is 78.4 Å². The lowest BCUT2D eigenvalue weighted by atomic mass is 9.95. The van der Waals surface area contributed by atoms with Crippen LogP contribution in [0.25, 0.3) is 0 Å². The van der Waals surface area contributed by atoms with Crippen LogP contribution < -0.4 is 10.6 Å². The van der Waals surface area contributed by atoms with Crippen molar-refractivity contribution in [2.24, 2.45) is 0 Å². The summed E-state index contributed by atoms with van der Waals surface area (Å²) in [5.74, 6) is -0.257. The van der Waals surface area contributed by atoms with Gasteiger partial charge in [-0.25, -0.2) is 9.59 Å². The van der Waals surface area contributed by atoms with Crippen LogP contribution in [0.3, 0.4) is 0 Å². The normalized spacial score (nSPS) is 23.9. The maximum absolute atomic E-state index is 11.9. The van der Waals surface area contributed by atoms with E-state index in [1.165, 1.54) is 6.42 Å². The summed E-state index contributed by atoms with van der Waals surface area (Å²) in [5.41, 5.74) is 0. The van der Waals surface area contributed by atoms with Gasteiger partial charge in [0.2, 0.25) is 0 Å². The molecular weight excluding hydrogens is 296 g/mol. The van der Waals surface area contributed by atoms with Crippen molar-refractivity contribution >= 4 is 35.5 Å². The fourth-order valence-electron chi connectivity index (χ4n) is 2.41. The van der Waals surface area contributed by atoms with Gasteiger partial charge in [-0.3, -0.25) is 0 Å². The van der Waals surface area contributed by atoms with Gasteiger partial charge in [-0.1, -0.05) is 12.8 Å². The highest BCUT2D eigenvalue weighted by molar-refractivity contribution is 7.99. The molecule has 0 aromatic carbocycles. The van der Waals surface area contributed by atoms with Gasteiger partial charge in [0.05, 0.1) is 0 Å². The number of amides is 2. The first-order valence-electron chi connectivity index (χ1n) is 6.90. The van der Waals surface area contributed by atoms with Gasteiger partial charge in [0, 0.05) is 11.3 Å². The zero-order valence-corrected chi connectivity index (χ0v) is 13.7. The fraction of sp³-hybridized carbons (Fsp3) is 0.846. The SMILES string of the molecule is CSCC[C@H](NC(=O)NC1CCCCC1SC)C(=O)O. The monoisotopic (exact) mass is 320 g/mol. The molecule has 0 spiro atoms. The van der Waals surface area contributed by atoms with E-state index in [9.17, 15) is 9.59 Å². The van der Waals surface area contributed by atoms with Gasteiger partial charge in [-0.15, -0.1) is 0 Å². The summed E-state index contributed by atoms with van der Waals surface area (Å²) in [6, 6.07) is -1.02. The van der Waals surface area contributed by atoms with E-state index in [1.807, 2.05) is 6.26 Å². The number of carbonyl (C=O) groups is 2. The quantitative estimate of drug-likeness (QED) is 0.670. The molecule has 20 heavy (non-hydrogen) atoms. The Morgan fingerprint density at radius 2 is 2.00 bits per heavy atom. The Kier molecular flexibility index (Phi) is 8.21. The molecule has 0 aliphatic heterocycles. The van der Waals surface area contributed by atoms with Crippen molar-refractivity contribution in [3.63, 3.8) is 0 Å². The summed E-state index contributed by atoms with van der Waals surface area (Å²) >= 11 is 3.35. The van der Waals surface area contributed by atoms with Crippen LogP contribution in [0.5, 0.6) is 0 Å². The molecule has 0 radical (unpaired) electrons. The number of rotatable bonds is 7. The molecule has 0 saturated heterocycles. The Morgan fingerprint density at radius 3 is 2.60 bits per heavy atom. The van der Waals surface area contributed by atoms with E-state index in [-0.39, 0.29) is 12.1 Å². The molecule has 0 aromatic heterocycles. The zero-order chi connectivity index (χ0) is 15.0. The largest absolute Gasteiger partial charge is 0.480 e. The van der Waals surface area contributed by atoms with Crippen molar-refractivity contribution in [3.05, 3.63) is 0 Å². The van der Waals surface area contributed by atoms with E-state index < -0.39 is 12.0 Å². The van der Waals surface area contributed by atoms with Crippen molar-refractivity contribution in [3.8, 4) is 0 Å². The van der Waals surface area contributed by atoms with Crippen LogP contribution >= 0.6 is 23.5 Å². The lowest BCUT2D eigenvalue weighted by Crippen LogP contribution is -2.52. The van der Waals surface area contributed by atoms with E-state index in [4.69, 9.17) is 5.11 Å². The zero-order valence-electron chi connectivity index (χ0n) is 12.1. The molecule has 1 saturated carbocycles. The number of aliphatic carboxylic acids is 1. The standard InChI is InChI=1S/C13H24N2O3S2/c1-19-8-7-10(12(16)17)15-13(18)14-9-5-3-4-6-11(9)20-2/h9-11H,3-8H2,1-2H3,(H,16,17)(H2,14,15,18)/t9?,10-,11?/m0/s1. The van der Waals surface area contributed by atoms with E-state index in [2.05, 4.69) is 16.9 Å². The third-order valence-corrected chi connectivity index (χ3v) is 5.35. The van der Waals surface area contributed by atoms with Crippen LogP contribution in [0.2, 0.25) is 0 Å². The second kappa shape index (κ2) is 9.39. The number of carboxylic acids is 1. The molecule has 0 aromatic rings. The molecule has 0 heterocycles. The minimum absolute atomic E-state index is 0.147. The molecule has 116 valence electrons. The Hall–Kier alpha value is -0.560. The second-order valence-electron chi connectivity index (χ2n) is 4.96. The summed E-state index contributed by atoms with van der Waals surface area (Å²) in [6.45, 7) is 0. The van der Waals surface area contributed by atoms with Crippen molar-refractivity contribution < 1.29 is 14.7 Å². The summed E-state index contributed by atoms with van der Waals surface area (Å²) in [5, 5.41) is 15.0. The Balaban J connectivity index is 2.45. The first-order chi connectivity index (χ1) is 9.58. The van der Waals surface area contributed by atoms with Crippen molar-refractivity contribution in [1.82, 2.24) is 10.6 Å². The van der Waals surface area contributed by atoms with Crippen LogP contribution in [0.4, 0.5) is 4.79 Å². The summed E-state index contributed by atoms with van der Waals surface area (Å²) in [6.07, 6.45) is 8.84. The number of nitrogens with one attached hydrogen (secondary N) is 2. The van der Waals surface area contributed by atoms with Crippen molar-refractivity contribution in [2.45, 2.75) is 49.4 Å². The lowest BCUT2D eigenvalue weighted by Gasteiger charge is -2.31. The third-order valence-electron chi connectivity index (χ3n) is 3.54. The number of hydrogen-bond donors (Lipinski definition) is 3. The van der Waals surface area contributed by atoms with E-state index in [0.717, 1.165) is 19.3 Å². The highest BCUT2D eigenvalue weighted by atomic mass is 32.2. The summed E-state index contributed by atoms with van der Waals surface area (Å²) in [7, 11) is 0. The van der Waals surface area contributed by atoms with Crippen LogP contribution in [0, 0.1) is 0 Å². The molecule has 3 N–H and O–H groups in total. The van der Waals surface area contributed by atoms with Crippen molar-refractivity contribution in [2.75, 3.05) is 18.3 Å². The molecular formula is C13H24N2O3S2. The second-order valence-corrected chi connectivity index (χ2v) is 7.02. The van der Waals surface area contributed by atoms with Crippen LogP contribution in [0.15, 0.2) is 0 Å². The molecule has 1 rings (SSSR count). The smallest absolute Gasteiger partial charge is 0.326 e. The van der Waals surface area contributed by atoms with Gasteiger partial charge in [0.1, 0.15) is 6.04 Å². The Bertz CT molecular complexity index is 329. The van der Waals surface area contributed by atoms with Crippen LogP contribution in [0.1, 0.15) is 32.1 Å². The number of carbonyl (C=O) groups excluding carboxylic acids is 1. The summed E-state index contributed by atoms with van der Waals surface area (Å²) in [4.78, 5) is 23.0. The summed E-state index contributed by atoms with van der Waals surface area (Å²) < 4.78 is 0. The molecule has 1 aliphatic rings. The number of hydrogen-bond acceptors (Lipinski definition) is 4. The molecule has 1 aliphatic carbocycles. The average Bonchev–Trinajstić information content (AvgIpc) is 2.43. The predicted octanol–water partition coefficient (Wildman–Crippen LogP) is 2.17. The molecule has 0 bridgehead atoms. The maximum atomic E-state index is 11.9. The Morgan fingerprint density at radius 1 is 1.30 bits per heavy atom. The van der Waals surface area contributed by atoms with Gasteiger partial charge < -0.3 is 15.7 Å². The highest BCUT2D eigenvalue weighted by Crippen LogP contribution is 2.27. The third kappa shape index (κ3) is 5.83. The first-order valence-corrected chi connectivity index (χ1v) is 9.58. The van der Waals surface area contributed by atoms with Crippen molar-refractivity contribution in [1.29, 1.82) is 0 Å². The van der Waals surface area contributed by atoms with Crippen LogP contribution in [-0.4, -0.2) is 52.7 Å².